The van der Waals surface area contributed by atoms with E-state index >= 15 is 0 Å². The number of nitro groups is 1. The van der Waals surface area contributed by atoms with E-state index < -0.39 is 22.6 Å². The Morgan fingerprint density at radius 3 is 2.85 bits per heavy atom. The van der Waals surface area contributed by atoms with Gasteiger partial charge in [-0.1, -0.05) is 0 Å². The van der Waals surface area contributed by atoms with Crippen molar-refractivity contribution in [3.05, 3.63) is 34.1 Å². The van der Waals surface area contributed by atoms with Crippen LogP contribution in [0.4, 0.5) is 15.8 Å². The third-order valence-corrected chi connectivity index (χ3v) is 3.05. The summed E-state index contributed by atoms with van der Waals surface area (Å²) in [5.41, 5.74) is -0.559. The van der Waals surface area contributed by atoms with Crippen LogP contribution in [0.3, 0.4) is 0 Å². The second-order valence-corrected chi connectivity index (χ2v) is 4.45. The first-order valence-electron chi connectivity index (χ1n) is 5.99. The van der Waals surface area contributed by atoms with Gasteiger partial charge in [0.2, 0.25) is 11.8 Å². The summed E-state index contributed by atoms with van der Waals surface area (Å²) in [4.78, 5) is 33.1. The fourth-order valence-electron chi connectivity index (χ4n) is 1.96. The molecule has 1 aliphatic heterocycles. The van der Waals surface area contributed by atoms with Gasteiger partial charge in [-0.3, -0.25) is 19.7 Å². The second-order valence-electron chi connectivity index (χ2n) is 4.45. The van der Waals surface area contributed by atoms with Crippen LogP contribution >= 0.6 is 0 Å². The third-order valence-electron chi connectivity index (χ3n) is 3.05. The topological polar surface area (TPSA) is 101 Å². The van der Waals surface area contributed by atoms with Crippen molar-refractivity contribution in [2.24, 2.45) is 5.92 Å². The van der Waals surface area contributed by atoms with Gasteiger partial charge in [-0.15, -0.1) is 0 Å². The number of piperidine rings is 1. The summed E-state index contributed by atoms with van der Waals surface area (Å²) in [7, 11) is 0. The lowest BCUT2D eigenvalue weighted by molar-refractivity contribution is -0.384. The van der Waals surface area contributed by atoms with Crippen LogP contribution in [0.1, 0.15) is 12.8 Å². The fraction of sp³-hybridized carbons (Fsp3) is 0.333. The molecule has 1 fully saturated rings. The molecule has 1 aliphatic rings. The fourth-order valence-corrected chi connectivity index (χ4v) is 1.96. The van der Waals surface area contributed by atoms with E-state index in [1.54, 1.807) is 0 Å². The number of nitro benzene ring substituents is 1. The van der Waals surface area contributed by atoms with E-state index in [1.807, 2.05) is 0 Å². The molecule has 0 aliphatic carbocycles. The number of hydrogen-bond acceptors (Lipinski definition) is 4. The van der Waals surface area contributed by atoms with Gasteiger partial charge in [0.25, 0.3) is 5.69 Å². The molecule has 0 aromatic heterocycles. The first-order valence-corrected chi connectivity index (χ1v) is 5.99. The van der Waals surface area contributed by atoms with E-state index in [4.69, 9.17) is 0 Å². The Labute approximate surface area is 113 Å². The Balaban J connectivity index is 2.13. The molecule has 2 N–H and O–H groups in total. The van der Waals surface area contributed by atoms with Crippen LogP contribution in [0.2, 0.25) is 0 Å². The van der Waals surface area contributed by atoms with E-state index in [2.05, 4.69) is 10.6 Å². The van der Waals surface area contributed by atoms with Crippen LogP contribution in [0.5, 0.6) is 0 Å². The smallest absolute Gasteiger partial charge is 0.292 e. The molecule has 20 heavy (non-hydrogen) atoms. The van der Waals surface area contributed by atoms with Crippen molar-refractivity contribution in [2.45, 2.75) is 12.8 Å². The standard InChI is InChI=1S/C12H12FN3O4/c13-8-2-3-10(16(19)20)9(5-8)15-12(18)7-1-4-11(17)14-6-7/h2-3,5,7H,1,4,6H2,(H,14,17)(H,15,18). The summed E-state index contributed by atoms with van der Waals surface area (Å²) in [6.07, 6.45) is 0.587. The highest BCUT2D eigenvalue weighted by Crippen LogP contribution is 2.26. The van der Waals surface area contributed by atoms with Gasteiger partial charge < -0.3 is 10.6 Å². The maximum Gasteiger partial charge on any atom is 0.292 e. The lowest BCUT2D eigenvalue weighted by Crippen LogP contribution is -2.40. The predicted molar refractivity (Wildman–Crippen MR) is 67.4 cm³/mol. The molecule has 1 saturated heterocycles. The van der Waals surface area contributed by atoms with Crippen LogP contribution in [0.15, 0.2) is 18.2 Å². The Morgan fingerprint density at radius 1 is 1.50 bits per heavy atom. The van der Waals surface area contributed by atoms with Crippen molar-refractivity contribution in [1.82, 2.24) is 5.32 Å². The van der Waals surface area contributed by atoms with Gasteiger partial charge in [-0.2, -0.15) is 0 Å². The number of anilines is 1. The zero-order valence-electron chi connectivity index (χ0n) is 10.4. The highest BCUT2D eigenvalue weighted by molar-refractivity contribution is 5.95. The largest absolute Gasteiger partial charge is 0.355 e. The highest BCUT2D eigenvalue weighted by atomic mass is 19.1. The molecule has 1 unspecified atom stereocenters. The number of carbonyl (C=O) groups is 2. The number of amides is 2. The zero-order chi connectivity index (χ0) is 14.7. The van der Waals surface area contributed by atoms with Gasteiger partial charge in [0.1, 0.15) is 11.5 Å². The maximum atomic E-state index is 13.1. The number of rotatable bonds is 3. The Bertz CT molecular complexity index is 566. The average molecular weight is 281 g/mol. The quantitative estimate of drug-likeness (QED) is 0.642. The third kappa shape index (κ3) is 3.08. The summed E-state index contributed by atoms with van der Waals surface area (Å²) in [5, 5.41) is 15.7. The molecule has 2 amide bonds. The lowest BCUT2D eigenvalue weighted by atomic mass is 9.98. The number of benzene rings is 1. The molecule has 0 saturated carbocycles. The number of hydrogen-bond donors (Lipinski definition) is 2. The molecular weight excluding hydrogens is 269 g/mol. The summed E-state index contributed by atoms with van der Waals surface area (Å²) in [6, 6.07) is 2.85. The minimum absolute atomic E-state index is 0.134. The minimum atomic E-state index is -0.697. The van der Waals surface area contributed by atoms with Crippen LogP contribution in [-0.2, 0) is 9.59 Å². The molecule has 0 bridgehead atoms. The van der Waals surface area contributed by atoms with Crippen molar-refractivity contribution in [3.8, 4) is 0 Å². The van der Waals surface area contributed by atoms with E-state index in [9.17, 15) is 24.1 Å². The molecule has 1 heterocycles. The molecule has 106 valence electrons. The van der Waals surface area contributed by atoms with Crippen LogP contribution in [0.25, 0.3) is 0 Å². The SMILES string of the molecule is O=C1CCC(C(=O)Nc2cc(F)ccc2[N+](=O)[O-])CN1. The number of nitrogens with one attached hydrogen (secondary N) is 2. The molecule has 0 radical (unpaired) electrons. The van der Waals surface area contributed by atoms with Gasteiger partial charge in [-0.25, -0.2) is 4.39 Å². The molecule has 1 aromatic rings. The van der Waals surface area contributed by atoms with Crippen molar-refractivity contribution < 1.29 is 18.9 Å². The summed E-state index contributed by atoms with van der Waals surface area (Å²) in [6.45, 7) is 0.174. The monoisotopic (exact) mass is 281 g/mol. The van der Waals surface area contributed by atoms with Crippen molar-refractivity contribution in [1.29, 1.82) is 0 Å². The summed E-state index contributed by atoms with van der Waals surface area (Å²) >= 11 is 0. The molecule has 8 heteroatoms. The van der Waals surface area contributed by atoms with E-state index in [1.165, 1.54) is 0 Å². The van der Waals surface area contributed by atoms with Crippen LogP contribution in [-0.4, -0.2) is 23.3 Å². The van der Waals surface area contributed by atoms with Gasteiger partial charge in [0.05, 0.1) is 10.8 Å². The second kappa shape index (κ2) is 5.64. The normalized spacial score (nSPS) is 18.2. The maximum absolute atomic E-state index is 13.1. The number of nitrogens with zero attached hydrogens (tertiary/aromatic N) is 1. The highest BCUT2D eigenvalue weighted by Gasteiger charge is 2.26. The first kappa shape index (κ1) is 13.9. The molecule has 1 atom stereocenters. The number of halogens is 1. The van der Waals surface area contributed by atoms with Gasteiger partial charge >= 0.3 is 0 Å². The van der Waals surface area contributed by atoms with Crippen molar-refractivity contribution >= 4 is 23.2 Å². The molecule has 0 spiro atoms. The molecule has 1 aromatic carbocycles. The van der Waals surface area contributed by atoms with E-state index in [0.717, 1.165) is 18.2 Å². The Hall–Kier alpha value is -2.51. The molecule has 2 rings (SSSR count). The van der Waals surface area contributed by atoms with E-state index in [-0.39, 0.29) is 30.2 Å². The van der Waals surface area contributed by atoms with Crippen molar-refractivity contribution in [3.63, 3.8) is 0 Å². The Morgan fingerprint density at radius 2 is 2.25 bits per heavy atom. The molecular formula is C12H12FN3O4. The summed E-state index contributed by atoms with van der Waals surface area (Å²) in [5.74, 6) is -1.76. The zero-order valence-corrected chi connectivity index (χ0v) is 10.4. The van der Waals surface area contributed by atoms with Gasteiger partial charge in [0.15, 0.2) is 0 Å². The number of carbonyl (C=O) groups excluding carboxylic acids is 2. The van der Waals surface area contributed by atoms with Crippen LogP contribution < -0.4 is 10.6 Å². The van der Waals surface area contributed by atoms with Crippen molar-refractivity contribution in [2.75, 3.05) is 11.9 Å². The minimum Gasteiger partial charge on any atom is -0.355 e. The Kier molecular flexibility index (Phi) is 3.92. The molecule has 7 nitrogen and oxygen atoms in total. The predicted octanol–water partition coefficient (Wildman–Crippen LogP) is 1.20. The summed E-state index contributed by atoms with van der Waals surface area (Å²) < 4.78 is 13.1. The van der Waals surface area contributed by atoms with Gasteiger partial charge in [0, 0.05) is 25.1 Å². The van der Waals surface area contributed by atoms with Gasteiger partial charge in [-0.05, 0) is 12.5 Å². The lowest BCUT2D eigenvalue weighted by Gasteiger charge is -2.21. The first-order chi connectivity index (χ1) is 9.47. The van der Waals surface area contributed by atoms with E-state index in [0.29, 0.717) is 6.42 Å². The van der Waals surface area contributed by atoms with Crippen LogP contribution in [0, 0.1) is 21.8 Å². The average Bonchev–Trinajstić information content (AvgIpc) is 2.39.